The van der Waals surface area contributed by atoms with E-state index >= 15 is 0 Å². The fourth-order valence-electron chi connectivity index (χ4n) is 7.99. The van der Waals surface area contributed by atoms with Gasteiger partial charge in [-0.25, -0.2) is 0 Å². The maximum atomic E-state index is 2.46. The van der Waals surface area contributed by atoms with Crippen LogP contribution < -0.4 is 4.90 Å². The number of hydrogen-bond donors (Lipinski definition) is 0. The van der Waals surface area contributed by atoms with Crippen LogP contribution >= 0.6 is 0 Å². The maximum absolute atomic E-state index is 2.46. The first kappa shape index (κ1) is 29.3. The van der Waals surface area contributed by atoms with Gasteiger partial charge in [-0.05, 0) is 87.5 Å². The summed E-state index contributed by atoms with van der Waals surface area (Å²) in [6.45, 7) is 0.818. The van der Waals surface area contributed by atoms with Crippen molar-refractivity contribution in [2.24, 2.45) is 0 Å². The molecule has 0 N–H and O–H groups in total. The van der Waals surface area contributed by atoms with Gasteiger partial charge in [-0.3, -0.25) is 0 Å². The Morgan fingerprint density at radius 2 is 0.941 bits per heavy atom. The van der Waals surface area contributed by atoms with E-state index in [1.54, 1.807) is 0 Å². The van der Waals surface area contributed by atoms with Crippen molar-refractivity contribution >= 4 is 33.2 Å². The number of fused-ring (bicyclic) bond motifs is 6. The van der Waals surface area contributed by atoms with Gasteiger partial charge in [0.1, 0.15) is 0 Å². The molecule has 0 aliphatic carbocycles. The molecule has 0 bridgehead atoms. The van der Waals surface area contributed by atoms with E-state index in [9.17, 15) is 0 Å². The van der Waals surface area contributed by atoms with Crippen LogP contribution in [0.1, 0.15) is 5.56 Å². The Labute approximate surface area is 298 Å². The SMILES string of the molecule is c1ccc(-c2cccc(N3Cc4ccc(-c5ccc6c(c5)c5ccccc5n6-c5ccccc5-c5ccccc5)cc4-c4ccccc43)c2)cc1. The molecule has 0 fully saturated rings. The second-order valence-electron chi connectivity index (χ2n) is 13.4. The van der Waals surface area contributed by atoms with Gasteiger partial charge in [-0.2, -0.15) is 0 Å². The fraction of sp³-hybridized carbons (Fsp3) is 0.0204. The van der Waals surface area contributed by atoms with Gasteiger partial charge in [0.15, 0.2) is 0 Å². The lowest BCUT2D eigenvalue weighted by Crippen LogP contribution is -2.21. The molecule has 0 atom stereocenters. The van der Waals surface area contributed by atoms with E-state index in [4.69, 9.17) is 0 Å². The lowest BCUT2D eigenvalue weighted by Gasteiger charge is -2.33. The van der Waals surface area contributed by atoms with Gasteiger partial charge in [0, 0.05) is 39.8 Å². The summed E-state index contributed by atoms with van der Waals surface area (Å²) in [6, 6.07) is 70.6. The molecule has 2 heterocycles. The minimum absolute atomic E-state index is 0.818. The third-order valence-electron chi connectivity index (χ3n) is 10.4. The molecule has 9 aromatic rings. The zero-order valence-corrected chi connectivity index (χ0v) is 28.1. The van der Waals surface area contributed by atoms with Crippen LogP contribution in [0.4, 0.5) is 11.4 Å². The van der Waals surface area contributed by atoms with Crippen molar-refractivity contribution < 1.29 is 0 Å². The summed E-state index contributed by atoms with van der Waals surface area (Å²) in [5.41, 5.74) is 17.3. The van der Waals surface area contributed by atoms with Gasteiger partial charge in [-0.15, -0.1) is 0 Å². The Hall–Kier alpha value is -6.64. The average Bonchev–Trinajstić information content (AvgIpc) is 3.54. The molecule has 1 aliphatic rings. The Morgan fingerprint density at radius 3 is 1.78 bits per heavy atom. The quantitative estimate of drug-likeness (QED) is 0.180. The zero-order chi connectivity index (χ0) is 33.7. The normalized spacial score (nSPS) is 12.2. The summed E-state index contributed by atoms with van der Waals surface area (Å²) in [7, 11) is 0. The average molecular weight is 651 g/mol. The van der Waals surface area contributed by atoms with Crippen molar-refractivity contribution in [1.82, 2.24) is 4.57 Å². The van der Waals surface area contributed by atoms with Gasteiger partial charge < -0.3 is 9.47 Å². The number of nitrogens with zero attached hydrogens (tertiary/aromatic N) is 2. The van der Waals surface area contributed by atoms with Crippen LogP contribution in [0, 0.1) is 0 Å². The molecule has 1 aromatic heterocycles. The predicted octanol–water partition coefficient (Wildman–Crippen LogP) is 13.1. The third-order valence-corrected chi connectivity index (χ3v) is 10.4. The standard InChI is InChI=1S/C49H34N2/c1-3-14-34(15-4-1)36-18-13-19-40(30-36)50-33-39-27-26-37(31-44(39)42-21-8-10-23-46(42)50)38-28-29-49-45(32-38)43-22-9-12-25-48(43)51(49)47-24-11-7-20-41(47)35-16-5-2-6-17-35/h1-32H,33H2. The molecule has 0 spiro atoms. The van der Waals surface area contributed by atoms with Gasteiger partial charge in [0.25, 0.3) is 0 Å². The zero-order valence-electron chi connectivity index (χ0n) is 28.1. The van der Waals surface area contributed by atoms with Crippen LogP contribution in [0.3, 0.4) is 0 Å². The molecule has 10 rings (SSSR count). The van der Waals surface area contributed by atoms with Crippen LogP contribution in [-0.4, -0.2) is 4.57 Å². The Morgan fingerprint density at radius 1 is 0.333 bits per heavy atom. The number of rotatable bonds is 5. The number of anilines is 2. The topological polar surface area (TPSA) is 8.17 Å². The van der Waals surface area contributed by atoms with E-state index in [0.29, 0.717) is 0 Å². The van der Waals surface area contributed by atoms with E-state index in [-0.39, 0.29) is 0 Å². The molecule has 0 amide bonds. The molecule has 240 valence electrons. The van der Waals surface area contributed by atoms with Crippen molar-refractivity contribution in [1.29, 1.82) is 0 Å². The van der Waals surface area contributed by atoms with Crippen molar-refractivity contribution in [3.8, 4) is 50.2 Å². The van der Waals surface area contributed by atoms with Gasteiger partial charge in [-0.1, -0.05) is 146 Å². The molecular formula is C49H34N2. The molecule has 2 heteroatoms. The van der Waals surface area contributed by atoms with E-state index in [1.807, 2.05) is 0 Å². The largest absolute Gasteiger partial charge is 0.336 e. The minimum Gasteiger partial charge on any atom is -0.336 e. The van der Waals surface area contributed by atoms with Crippen LogP contribution in [0.5, 0.6) is 0 Å². The summed E-state index contributed by atoms with van der Waals surface area (Å²) in [5, 5.41) is 2.52. The van der Waals surface area contributed by atoms with Gasteiger partial charge in [0.2, 0.25) is 0 Å². The highest BCUT2D eigenvalue weighted by Gasteiger charge is 2.24. The molecule has 0 saturated carbocycles. The molecule has 2 nitrogen and oxygen atoms in total. The lowest BCUT2D eigenvalue weighted by atomic mass is 9.89. The minimum atomic E-state index is 0.818. The first-order chi connectivity index (χ1) is 25.3. The molecule has 0 unspecified atom stereocenters. The van der Waals surface area contributed by atoms with Crippen molar-refractivity contribution in [2.75, 3.05) is 4.90 Å². The third kappa shape index (κ3) is 4.95. The van der Waals surface area contributed by atoms with Crippen LogP contribution in [0.25, 0.3) is 72.0 Å². The van der Waals surface area contributed by atoms with Crippen LogP contribution in [0.15, 0.2) is 194 Å². The maximum Gasteiger partial charge on any atom is 0.0541 e. The smallest absolute Gasteiger partial charge is 0.0541 e. The van der Waals surface area contributed by atoms with E-state index in [1.165, 1.54) is 88.9 Å². The van der Waals surface area contributed by atoms with E-state index in [2.05, 4.69) is 204 Å². The number of aromatic nitrogens is 1. The number of benzene rings is 8. The van der Waals surface area contributed by atoms with Crippen molar-refractivity contribution in [3.05, 3.63) is 200 Å². The summed E-state index contributed by atoms with van der Waals surface area (Å²) >= 11 is 0. The molecule has 1 aliphatic heterocycles. The summed E-state index contributed by atoms with van der Waals surface area (Å²) in [6.07, 6.45) is 0. The first-order valence-corrected chi connectivity index (χ1v) is 17.6. The lowest BCUT2D eigenvalue weighted by molar-refractivity contribution is 0.961. The summed E-state index contributed by atoms with van der Waals surface area (Å²) in [4.78, 5) is 2.46. The Balaban J connectivity index is 1.07. The molecule has 0 radical (unpaired) electrons. The van der Waals surface area contributed by atoms with Crippen molar-refractivity contribution in [3.63, 3.8) is 0 Å². The van der Waals surface area contributed by atoms with E-state index in [0.717, 1.165) is 6.54 Å². The monoisotopic (exact) mass is 650 g/mol. The summed E-state index contributed by atoms with van der Waals surface area (Å²) < 4.78 is 2.43. The predicted molar refractivity (Wildman–Crippen MR) is 215 cm³/mol. The molecule has 0 saturated heterocycles. The number of hydrogen-bond acceptors (Lipinski definition) is 1. The highest BCUT2D eigenvalue weighted by atomic mass is 15.1. The first-order valence-electron chi connectivity index (χ1n) is 17.6. The second-order valence-corrected chi connectivity index (χ2v) is 13.4. The van der Waals surface area contributed by atoms with Gasteiger partial charge >= 0.3 is 0 Å². The Bertz CT molecular complexity index is 2720. The summed E-state index contributed by atoms with van der Waals surface area (Å²) in [5.74, 6) is 0. The van der Waals surface area contributed by atoms with Crippen LogP contribution in [-0.2, 0) is 6.54 Å². The van der Waals surface area contributed by atoms with Gasteiger partial charge in [0.05, 0.1) is 16.7 Å². The highest BCUT2D eigenvalue weighted by molar-refractivity contribution is 6.11. The highest BCUT2D eigenvalue weighted by Crippen LogP contribution is 2.45. The molecule has 51 heavy (non-hydrogen) atoms. The van der Waals surface area contributed by atoms with E-state index < -0.39 is 0 Å². The van der Waals surface area contributed by atoms with Crippen molar-refractivity contribution in [2.45, 2.75) is 6.54 Å². The Kier molecular flexibility index (Phi) is 6.92. The molecule has 8 aromatic carbocycles. The number of para-hydroxylation sites is 3. The van der Waals surface area contributed by atoms with Crippen LogP contribution in [0.2, 0.25) is 0 Å². The second kappa shape index (κ2) is 12.0. The fourth-order valence-corrected chi connectivity index (χ4v) is 7.99. The molecular weight excluding hydrogens is 617 g/mol.